The number of nitrogens with zero attached hydrogens (tertiary/aromatic N) is 4. The van der Waals surface area contributed by atoms with Gasteiger partial charge in [0.1, 0.15) is 11.4 Å². The molecule has 0 saturated carbocycles. The predicted molar refractivity (Wildman–Crippen MR) is 127 cm³/mol. The van der Waals surface area contributed by atoms with Crippen LogP contribution in [0.3, 0.4) is 0 Å². The third kappa shape index (κ3) is 4.47. The Morgan fingerprint density at radius 1 is 1.00 bits per heavy atom. The fourth-order valence-corrected chi connectivity index (χ4v) is 4.29. The molecule has 5 rings (SSSR count). The molecule has 3 aromatic heterocycles. The Morgan fingerprint density at radius 2 is 1.76 bits per heavy atom. The standard InChI is InChI=1S/C25H20N4O3S/c30-22(11-13-28-17-26-24-21(25(28)31)12-14-33-24)32-16-19-15-29(20-9-5-2-6-10-20)27-23(19)18-7-3-1-4-8-18/h1-10,12,14-15,17H,11,13,16H2. The van der Waals surface area contributed by atoms with Crippen molar-refractivity contribution in [2.24, 2.45) is 0 Å². The summed E-state index contributed by atoms with van der Waals surface area (Å²) in [6.45, 7) is 0.303. The molecule has 5 aromatic rings. The molecule has 33 heavy (non-hydrogen) atoms. The van der Waals surface area contributed by atoms with E-state index in [-0.39, 0.29) is 25.1 Å². The minimum atomic E-state index is -0.390. The summed E-state index contributed by atoms with van der Waals surface area (Å²) in [5.41, 5.74) is 3.28. The summed E-state index contributed by atoms with van der Waals surface area (Å²) in [6, 6.07) is 21.3. The van der Waals surface area contributed by atoms with E-state index in [1.807, 2.05) is 72.2 Å². The van der Waals surface area contributed by atoms with E-state index in [1.54, 1.807) is 10.7 Å². The molecule has 7 nitrogen and oxygen atoms in total. The Morgan fingerprint density at radius 3 is 2.55 bits per heavy atom. The molecule has 0 N–H and O–H groups in total. The average molecular weight is 457 g/mol. The summed E-state index contributed by atoms with van der Waals surface area (Å²) in [7, 11) is 0. The van der Waals surface area contributed by atoms with Gasteiger partial charge < -0.3 is 4.74 Å². The maximum Gasteiger partial charge on any atom is 0.307 e. The van der Waals surface area contributed by atoms with Gasteiger partial charge in [-0.15, -0.1) is 11.3 Å². The van der Waals surface area contributed by atoms with E-state index in [4.69, 9.17) is 9.84 Å². The highest BCUT2D eigenvalue weighted by molar-refractivity contribution is 7.16. The number of fused-ring (bicyclic) bond motifs is 1. The number of carbonyl (C=O) groups excluding carboxylic acids is 1. The topological polar surface area (TPSA) is 79.0 Å². The molecular weight excluding hydrogens is 436 g/mol. The third-order valence-corrected chi connectivity index (χ3v) is 6.07. The van der Waals surface area contributed by atoms with Gasteiger partial charge in [-0.2, -0.15) is 5.10 Å². The van der Waals surface area contributed by atoms with E-state index in [1.165, 1.54) is 22.2 Å². The Kier molecular flexibility index (Phi) is 5.82. The lowest BCUT2D eigenvalue weighted by atomic mass is 10.1. The molecule has 0 amide bonds. The molecule has 0 fully saturated rings. The highest BCUT2D eigenvalue weighted by Gasteiger charge is 2.15. The van der Waals surface area contributed by atoms with Crippen LogP contribution in [0.15, 0.2) is 89.4 Å². The fourth-order valence-electron chi connectivity index (χ4n) is 3.56. The number of aryl methyl sites for hydroxylation is 1. The molecule has 0 unspecified atom stereocenters. The third-order valence-electron chi connectivity index (χ3n) is 5.25. The van der Waals surface area contributed by atoms with Gasteiger partial charge in [0.2, 0.25) is 0 Å². The predicted octanol–water partition coefficient (Wildman–Crippen LogP) is 4.44. The molecule has 0 aliphatic carbocycles. The van der Waals surface area contributed by atoms with Gasteiger partial charge in [-0.1, -0.05) is 48.5 Å². The first kappa shape index (κ1) is 20.8. The van der Waals surface area contributed by atoms with E-state index in [0.29, 0.717) is 10.2 Å². The van der Waals surface area contributed by atoms with E-state index < -0.39 is 5.97 Å². The smallest absolute Gasteiger partial charge is 0.307 e. The Balaban J connectivity index is 1.31. The SMILES string of the molecule is O=C(CCn1cnc2sccc2c1=O)OCc1cn(-c2ccccc2)nc1-c1ccccc1. The van der Waals surface area contributed by atoms with Crippen LogP contribution in [0.25, 0.3) is 27.2 Å². The van der Waals surface area contributed by atoms with Gasteiger partial charge >= 0.3 is 5.97 Å². The fraction of sp³-hybridized carbons (Fsp3) is 0.120. The van der Waals surface area contributed by atoms with Gasteiger partial charge in [0.15, 0.2) is 0 Å². The maximum atomic E-state index is 12.5. The Hall–Kier alpha value is -4.04. The van der Waals surface area contributed by atoms with Crippen LogP contribution in [0.1, 0.15) is 12.0 Å². The lowest BCUT2D eigenvalue weighted by Gasteiger charge is -2.07. The number of thiophene rings is 1. The van der Waals surface area contributed by atoms with E-state index >= 15 is 0 Å². The van der Waals surface area contributed by atoms with Crippen LogP contribution in [-0.2, 0) is 22.7 Å². The monoisotopic (exact) mass is 456 g/mol. The molecule has 164 valence electrons. The van der Waals surface area contributed by atoms with Crippen molar-refractivity contribution in [1.82, 2.24) is 19.3 Å². The largest absolute Gasteiger partial charge is 0.461 e. The normalized spacial score (nSPS) is 11.0. The summed E-state index contributed by atoms with van der Waals surface area (Å²) in [6.07, 6.45) is 3.43. The second-order valence-corrected chi connectivity index (χ2v) is 8.34. The first-order valence-electron chi connectivity index (χ1n) is 10.5. The van der Waals surface area contributed by atoms with E-state index in [0.717, 1.165) is 22.5 Å². The molecule has 0 radical (unpaired) electrons. The Labute approximate surface area is 193 Å². The number of para-hydroxylation sites is 1. The molecule has 0 aliphatic rings. The van der Waals surface area contributed by atoms with Crippen molar-refractivity contribution >= 4 is 27.5 Å². The highest BCUT2D eigenvalue weighted by atomic mass is 32.1. The van der Waals surface area contributed by atoms with Crippen LogP contribution in [0.5, 0.6) is 0 Å². The minimum Gasteiger partial charge on any atom is -0.461 e. The van der Waals surface area contributed by atoms with E-state index in [2.05, 4.69) is 4.98 Å². The summed E-state index contributed by atoms with van der Waals surface area (Å²) in [4.78, 5) is 29.9. The van der Waals surface area contributed by atoms with Gasteiger partial charge in [0.05, 0.1) is 29.5 Å². The van der Waals surface area contributed by atoms with Crippen LogP contribution in [0, 0.1) is 0 Å². The number of aromatic nitrogens is 4. The highest BCUT2D eigenvalue weighted by Crippen LogP contribution is 2.24. The molecular formula is C25H20N4O3S. The van der Waals surface area contributed by atoms with Crippen molar-refractivity contribution < 1.29 is 9.53 Å². The Bertz CT molecular complexity index is 1460. The summed E-state index contributed by atoms with van der Waals surface area (Å²) < 4.78 is 8.78. The van der Waals surface area contributed by atoms with Crippen molar-refractivity contribution in [3.8, 4) is 16.9 Å². The van der Waals surface area contributed by atoms with Crippen LogP contribution in [0.2, 0.25) is 0 Å². The quantitative estimate of drug-likeness (QED) is 0.338. The second kappa shape index (κ2) is 9.22. The summed E-state index contributed by atoms with van der Waals surface area (Å²) in [5.74, 6) is -0.390. The molecule has 0 bridgehead atoms. The van der Waals surface area contributed by atoms with Gasteiger partial charge in [0, 0.05) is 23.9 Å². The molecule has 0 spiro atoms. The number of rotatable bonds is 7. The van der Waals surface area contributed by atoms with Crippen molar-refractivity contribution in [2.75, 3.05) is 0 Å². The van der Waals surface area contributed by atoms with Crippen LogP contribution in [0.4, 0.5) is 0 Å². The number of carbonyl (C=O) groups is 1. The van der Waals surface area contributed by atoms with Crippen molar-refractivity contribution in [1.29, 1.82) is 0 Å². The van der Waals surface area contributed by atoms with Gasteiger partial charge in [-0.3, -0.25) is 14.2 Å². The summed E-state index contributed by atoms with van der Waals surface area (Å²) >= 11 is 1.42. The number of hydrogen-bond donors (Lipinski definition) is 0. The maximum absolute atomic E-state index is 12.5. The lowest BCUT2D eigenvalue weighted by molar-refractivity contribution is -0.145. The lowest BCUT2D eigenvalue weighted by Crippen LogP contribution is -2.21. The van der Waals surface area contributed by atoms with Gasteiger partial charge in [-0.05, 0) is 23.6 Å². The van der Waals surface area contributed by atoms with Crippen LogP contribution >= 0.6 is 11.3 Å². The zero-order valence-electron chi connectivity index (χ0n) is 17.6. The molecule has 0 saturated heterocycles. The average Bonchev–Trinajstić information content (AvgIpc) is 3.51. The summed E-state index contributed by atoms with van der Waals surface area (Å²) in [5, 5.41) is 7.13. The second-order valence-electron chi connectivity index (χ2n) is 7.44. The zero-order chi connectivity index (χ0) is 22.6. The minimum absolute atomic E-state index is 0.0741. The molecule has 3 heterocycles. The first-order valence-corrected chi connectivity index (χ1v) is 11.3. The number of ether oxygens (including phenoxy) is 1. The van der Waals surface area contributed by atoms with Crippen LogP contribution < -0.4 is 5.56 Å². The molecule has 0 atom stereocenters. The van der Waals surface area contributed by atoms with Crippen molar-refractivity contribution in [2.45, 2.75) is 19.6 Å². The van der Waals surface area contributed by atoms with Crippen molar-refractivity contribution in [3.05, 3.63) is 101 Å². The van der Waals surface area contributed by atoms with Gasteiger partial charge in [0.25, 0.3) is 5.56 Å². The number of hydrogen-bond acceptors (Lipinski definition) is 6. The van der Waals surface area contributed by atoms with Crippen molar-refractivity contribution in [3.63, 3.8) is 0 Å². The zero-order valence-corrected chi connectivity index (χ0v) is 18.4. The van der Waals surface area contributed by atoms with Crippen LogP contribution in [-0.4, -0.2) is 25.3 Å². The molecule has 0 aliphatic heterocycles. The van der Waals surface area contributed by atoms with Gasteiger partial charge in [-0.25, -0.2) is 9.67 Å². The number of benzene rings is 2. The number of esters is 1. The first-order chi connectivity index (χ1) is 16.2. The molecule has 2 aromatic carbocycles. The molecule has 8 heteroatoms. The van der Waals surface area contributed by atoms with E-state index in [9.17, 15) is 9.59 Å².